The second kappa shape index (κ2) is 4.34. The Kier molecular flexibility index (Phi) is 2.80. The third-order valence-electron chi connectivity index (χ3n) is 4.11. The minimum absolute atomic E-state index is 0.144. The number of hydrogen-bond donors (Lipinski definition) is 0. The fourth-order valence-corrected chi connectivity index (χ4v) is 3.10. The van der Waals surface area contributed by atoms with Gasteiger partial charge in [-0.15, -0.1) is 0 Å². The van der Waals surface area contributed by atoms with E-state index in [0.29, 0.717) is 12.2 Å². The maximum atomic E-state index is 13.2. The molecule has 18 heavy (non-hydrogen) atoms. The molecule has 1 unspecified atom stereocenters. The fraction of sp³-hybridized carbons (Fsp3) is 0.500. The predicted octanol–water partition coefficient (Wildman–Crippen LogP) is 2.72. The molecular formula is C14H16FN2O. The average Bonchev–Trinajstić information content (AvgIpc) is 2.68. The lowest BCUT2D eigenvalue weighted by Crippen LogP contribution is -2.36. The largest absolute Gasteiger partial charge is 0.310 e. The van der Waals surface area contributed by atoms with Crippen molar-refractivity contribution in [1.29, 1.82) is 0 Å². The van der Waals surface area contributed by atoms with Gasteiger partial charge in [0, 0.05) is 12.6 Å². The van der Waals surface area contributed by atoms with Gasteiger partial charge in [-0.05, 0) is 25.7 Å². The maximum Gasteiger partial charge on any atom is 0.233 e. The topological polar surface area (TPSA) is 33.2 Å². The Balaban J connectivity index is 1.86. The molecule has 2 aliphatic rings. The molecule has 1 aliphatic carbocycles. The summed E-state index contributed by atoms with van der Waals surface area (Å²) < 4.78 is 13.2. The van der Waals surface area contributed by atoms with E-state index in [9.17, 15) is 9.18 Å². The van der Waals surface area contributed by atoms with Crippen molar-refractivity contribution >= 4 is 11.6 Å². The first-order chi connectivity index (χ1) is 8.71. The van der Waals surface area contributed by atoms with Crippen molar-refractivity contribution in [3.05, 3.63) is 30.7 Å². The van der Waals surface area contributed by atoms with E-state index in [2.05, 4.69) is 11.4 Å². The van der Waals surface area contributed by atoms with Crippen molar-refractivity contribution in [2.75, 3.05) is 11.4 Å². The van der Waals surface area contributed by atoms with Gasteiger partial charge in [0.05, 0.1) is 23.5 Å². The monoisotopic (exact) mass is 247 g/mol. The highest BCUT2D eigenvalue weighted by Crippen LogP contribution is 2.45. The average molecular weight is 247 g/mol. The van der Waals surface area contributed by atoms with Gasteiger partial charge in [0.15, 0.2) is 0 Å². The number of carbonyl (C=O) groups is 1. The molecule has 2 fully saturated rings. The molecule has 1 saturated heterocycles. The minimum Gasteiger partial charge on any atom is -0.310 e. The summed E-state index contributed by atoms with van der Waals surface area (Å²) in [5.74, 6) is -0.248. The van der Waals surface area contributed by atoms with Crippen molar-refractivity contribution in [3.8, 4) is 0 Å². The molecule has 1 spiro atoms. The summed E-state index contributed by atoms with van der Waals surface area (Å²) in [7, 11) is 0. The van der Waals surface area contributed by atoms with Crippen LogP contribution in [0.25, 0.3) is 0 Å². The van der Waals surface area contributed by atoms with Gasteiger partial charge in [-0.1, -0.05) is 12.8 Å². The van der Waals surface area contributed by atoms with Gasteiger partial charge in [-0.2, -0.15) is 0 Å². The highest BCUT2D eigenvalue weighted by molar-refractivity contribution is 5.99. The zero-order valence-corrected chi connectivity index (χ0v) is 10.2. The predicted molar refractivity (Wildman–Crippen MR) is 66.4 cm³/mol. The Morgan fingerprint density at radius 1 is 1.33 bits per heavy atom. The van der Waals surface area contributed by atoms with E-state index in [1.165, 1.54) is 6.07 Å². The van der Waals surface area contributed by atoms with Crippen LogP contribution in [0.15, 0.2) is 18.5 Å². The van der Waals surface area contributed by atoms with Gasteiger partial charge in [-0.3, -0.25) is 9.78 Å². The van der Waals surface area contributed by atoms with Crippen molar-refractivity contribution < 1.29 is 9.18 Å². The van der Waals surface area contributed by atoms with Crippen LogP contribution in [0.4, 0.5) is 10.1 Å². The van der Waals surface area contributed by atoms with Crippen LogP contribution in [-0.2, 0) is 4.79 Å². The van der Waals surface area contributed by atoms with Crippen LogP contribution < -0.4 is 4.90 Å². The van der Waals surface area contributed by atoms with E-state index in [-0.39, 0.29) is 11.3 Å². The number of pyridine rings is 1. The molecule has 95 valence electrons. The van der Waals surface area contributed by atoms with Crippen LogP contribution in [0.1, 0.15) is 32.1 Å². The maximum absolute atomic E-state index is 13.2. The van der Waals surface area contributed by atoms with E-state index < -0.39 is 5.82 Å². The number of amides is 1. The van der Waals surface area contributed by atoms with Crippen LogP contribution in [0.5, 0.6) is 0 Å². The molecule has 1 aromatic heterocycles. The Bertz CT molecular complexity index is 469. The number of hydrogen-bond acceptors (Lipinski definition) is 2. The number of anilines is 1. The first-order valence-electron chi connectivity index (χ1n) is 6.45. The molecule has 1 saturated carbocycles. The van der Waals surface area contributed by atoms with Crippen molar-refractivity contribution in [1.82, 2.24) is 4.98 Å². The fourth-order valence-electron chi connectivity index (χ4n) is 3.10. The first kappa shape index (κ1) is 11.6. The smallest absolute Gasteiger partial charge is 0.233 e. The van der Waals surface area contributed by atoms with Crippen molar-refractivity contribution in [2.45, 2.75) is 32.1 Å². The number of halogens is 1. The van der Waals surface area contributed by atoms with Crippen LogP contribution in [0.3, 0.4) is 0 Å². The first-order valence-corrected chi connectivity index (χ1v) is 6.45. The number of carbonyl (C=O) groups excluding carboxylic acids is 1. The number of rotatable bonds is 1. The Morgan fingerprint density at radius 3 is 2.94 bits per heavy atom. The van der Waals surface area contributed by atoms with Gasteiger partial charge in [-0.25, -0.2) is 4.39 Å². The molecule has 1 aromatic rings. The van der Waals surface area contributed by atoms with E-state index in [4.69, 9.17) is 0 Å². The molecule has 1 amide bonds. The van der Waals surface area contributed by atoms with E-state index >= 15 is 0 Å². The van der Waals surface area contributed by atoms with Gasteiger partial charge < -0.3 is 4.90 Å². The summed E-state index contributed by atoms with van der Waals surface area (Å²) in [5.41, 5.74) is 0.368. The Labute approximate surface area is 106 Å². The van der Waals surface area contributed by atoms with Crippen molar-refractivity contribution in [2.24, 2.45) is 5.41 Å². The third kappa shape index (κ3) is 1.80. The molecule has 0 N–H and O–H groups in total. The molecule has 0 aromatic carbocycles. The zero-order valence-electron chi connectivity index (χ0n) is 10.2. The third-order valence-corrected chi connectivity index (χ3v) is 4.11. The van der Waals surface area contributed by atoms with Crippen LogP contribution in [0, 0.1) is 17.7 Å². The second-order valence-corrected chi connectivity index (χ2v) is 5.23. The van der Waals surface area contributed by atoms with Gasteiger partial charge in [0.1, 0.15) is 5.82 Å². The summed E-state index contributed by atoms with van der Waals surface area (Å²) in [6, 6.07) is 1.39. The van der Waals surface area contributed by atoms with Crippen LogP contribution in [-0.4, -0.2) is 17.4 Å². The quantitative estimate of drug-likeness (QED) is 0.764. The van der Waals surface area contributed by atoms with E-state index in [1.807, 2.05) is 0 Å². The van der Waals surface area contributed by atoms with E-state index in [1.54, 1.807) is 11.1 Å². The molecule has 1 atom stereocenters. The van der Waals surface area contributed by atoms with Crippen LogP contribution >= 0.6 is 0 Å². The lowest BCUT2D eigenvalue weighted by molar-refractivity contribution is -0.126. The minimum atomic E-state index is -0.392. The standard InChI is InChI=1S/C14H16FN2O/c15-11-8-12(10-16-9-11)17-7-6-14(13(17)18)4-2-1-3-5-14/h2,8-10H,1,3-7H2. The summed E-state index contributed by atoms with van der Waals surface area (Å²) in [6.07, 6.45) is 9.83. The highest BCUT2D eigenvalue weighted by Gasteiger charge is 2.47. The second-order valence-electron chi connectivity index (χ2n) is 5.23. The molecule has 1 aliphatic heterocycles. The summed E-state index contributed by atoms with van der Waals surface area (Å²) in [4.78, 5) is 18.1. The molecule has 1 radical (unpaired) electrons. The lowest BCUT2D eigenvalue weighted by atomic mass is 9.73. The highest BCUT2D eigenvalue weighted by atomic mass is 19.1. The summed E-state index contributed by atoms with van der Waals surface area (Å²) in [5, 5.41) is 0. The molecule has 4 heteroatoms. The van der Waals surface area contributed by atoms with E-state index in [0.717, 1.165) is 38.3 Å². The lowest BCUT2D eigenvalue weighted by Gasteiger charge is -2.31. The molecular weight excluding hydrogens is 231 g/mol. The normalized spacial score (nSPS) is 22.7. The molecule has 3 nitrogen and oxygen atoms in total. The molecule has 0 bridgehead atoms. The van der Waals surface area contributed by atoms with Gasteiger partial charge >= 0.3 is 0 Å². The Morgan fingerprint density at radius 2 is 2.22 bits per heavy atom. The van der Waals surface area contributed by atoms with Crippen LogP contribution in [0.2, 0.25) is 0 Å². The zero-order chi connectivity index (χ0) is 12.6. The molecule has 2 heterocycles. The van der Waals surface area contributed by atoms with Gasteiger partial charge in [0.2, 0.25) is 5.91 Å². The summed E-state index contributed by atoms with van der Waals surface area (Å²) in [6.45, 7) is 0.678. The Hall–Kier alpha value is -1.45. The van der Waals surface area contributed by atoms with Gasteiger partial charge in [0.25, 0.3) is 0 Å². The molecule has 3 rings (SSSR count). The SMILES string of the molecule is O=C1N(c2cncc(F)c2)CCC12C[CH]CCC2. The number of aromatic nitrogens is 1. The summed E-state index contributed by atoms with van der Waals surface area (Å²) >= 11 is 0. The van der Waals surface area contributed by atoms with Crippen molar-refractivity contribution in [3.63, 3.8) is 0 Å². The number of nitrogens with zero attached hydrogens (tertiary/aromatic N) is 2.